The van der Waals surface area contributed by atoms with Crippen LogP contribution >= 0.6 is 0 Å². The van der Waals surface area contributed by atoms with Crippen LogP contribution < -0.4 is 5.73 Å². The van der Waals surface area contributed by atoms with E-state index in [2.05, 4.69) is 18.7 Å². The first-order chi connectivity index (χ1) is 7.24. The Balaban J connectivity index is 2.02. The molecule has 0 spiro atoms. The maximum absolute atomic E-state index is 6.01. The van der Waals surface area contributed by atoms with Crippen molar-refractivity contribution in [2.24, 2.45) is 11.7 Å². The molecule has 1 heterocycles. The molecular weight excluding hydrogens is 184 g/mol. The van der Waals surface area contributed by atoms with Gasteiger partial charge >= 0.3 is 0 Å². The molecule has 0 aromatic carbocycles. The fourth-order valence-corrected chi connectivity index (χ4v) is 2.39. The first kappa shape index (κ1) is 13.0. The average Bonchev–Trinajstić information content (AvgIpc) is 2.23. The van der Waals surface area contributed by atoms with E-state index in [-0.39, 0.29) is 0 Å². The molecule has 90 valence electrons. The molecule has 15 heavy (non-hydrogen) atoms. The van der Waals surface area contributed by atoms with E-state index in [1.165, 1.54) is 58.2 Å². The number of rotatable bonds is 6. The Morgan fingerprint density at radius 1 is 1.20 bits per heavy atom. The highest BCUT2D eigenvalue weighted by Crippen LogP contribution is 2.15. The molecule has 0 saturated carbocycles. The van der Waals surface area contributed by atoms with E-state index < -0.39 is 0 Å². The lowest BCUT2D eigenvalue weighted by molar-refractivity contribution is 0.162. The molecule has 1 saturated heterocycles. The summed E-state index contributed by atoms with van der Waals surface area (Å²) in [6, 6.07) is 0.446. The molecule has 0 radical (unpaired) electrons. The number of hydrogen-bond donors (Lipinski definition) is 1. The SMILES string of the molecule is CCCCCCCN1CCC(N)C(C)C1. The molecule has 1 fully saturated rings. The van der Waals surface area contributed by atoms with Crippen LogP contribution in [0.1, 0.15) is 52.4 Å². The quantitative estimate of drug-likeness (QED) is 0.686. The Morgan fingerprint density at radius 2 is 1.93 bits per heavy atom. The highest BCUT2D eigenvalue weighted by atomic mass is 15.1. The maximum Gasteiger partial charge on any atom is 0.00889 e. The predicted molar refractivity (Wildman–Crippen MR) is 67.0 cm³/mol. The highest BCUT2D eigenvalue weighted by Gasteiger charge is 2.22. The topological polar surface area (TPSA) is 29.3 Å². The monoisotopic (exact) mass is 212 g/mol. The lowest BCUT2D eigenvalue weighted by atomic mass is 9.94. The summed E-state index contributed by atoms with van der Waals surface area (Å²) in [7, 11) is 0. The van der Waals surface area contributed by atoms with Gasteiger partial charge in [-0.2, -0.15) is 0 Å². The van der Waals surface area contributed by atoms with Gasteiger partial charge in [-0.05, 0) is 31.8 Å². The van der Waals surface area contributed by atoms with E-state index in [9.17, 15) is 0 Å². The molecule has 1 rings (SSSR count). The number of hydrogen-bond acceptors (Lipinski definition) is 2. The Morgan fingerprint density at radius 3 is 2.60 bits per heavy atom. The fraction of sp³-hybridized carbons (Fsp3) is 1.00. The normalized spacial score (nSPS) is 28.2. The Bertz CT molecular complexity index is 159. The van der Waals surface area contributed by atoms with E-state index in [1.54, 1.807) is 0 Å². The number of likely N-dealkylation sites (tertiary alicyclic amines) is 1. The van der Waals surface area contributed by atoms with Crippen molar-refractivity contribution in [1.82, 2.24) is 4.90 Å². The highest BCUT2D eigenvalue weighted by molar-refractivity contribution is 4.79. The minimum atomic E-state index is 0.446. The molecule has 1 aliphatic rings. The third-order valence-corrected chi connectivity index (χ3v) is 3.63. The lowest BCUT2D eigenvalue weighted by Crippen LogP contribution is -2.46. The van der Waals surface area contributed by atoms with Crippen molar-refractivity contribution in [3.63, 3.8) is 0 Å². The van der Waals surface area contributed by atoms with E-state index >= 15 is 0 Å². The zero-order valence-corrected chi connectivity index (χ0v) is 10.5. The van der Waals surface area contributed by atoms with Crippen LogP contribution in [0, 0.1) is 5.92 Å². The summed E-state index contributed by atoms with van der Waals surface area (Å²) in [5.41, 5.74) is 6.01. The third-order valence-electron chi connectivity index (χ3n) is 3.63. The molecule has 2 heteroatoms. The largest absolute Gasteiger partial charge is 0.327 e. The van der Waals surface area contributed by atoms with E-state index in [0.717, 1.165) is 0 Å². The molecule has 0 aliphatic carbocycles. The summed E-state index contributed by atoms with van der Waals surface area (Å²) < 4.78 is 0. The molecule has 2 unspecified atom stereocenters. The lowest BCUT2D eigenvalue weighted by Gasteiger charge is -2.35. The van der Waals surface area contributed by atoms with Gasteiger partial charge in [-0.15, -0.1) is 0 Å². The standard InChI is InChI=1S/C13H28N2/c1-3-4-5-6-7-9-15-10-8-13(14)12(2)11-15/h12-13H,3-11,14H2,1-2H3. The third kappa shape index (κ3) is 4.98. The van der Waals surface area contributed by atoms with Crippen LogP contribution in [0.3, 0.4) is 0 Å². The van der Waals surface area contributed by atoms with Crippen molar-refractivity contribution < 1.29 is 0 Å². The van der Waals surface area contributed by atoms with E-state index in [1.807, 2.05) is 0 Å². The van der Waals surface area contributed by atoms with Crippen molar-refractivity contribution >= 4 is 0 Å². The van der Waals surface area contributed by atoms with Gasteiger partial charge in [0.1, 0.15) is 0 Å². The zero-order chi connectivity index (χ0) is 11.1. The Labute approximate surface area is 95.2 Å². The zero-order valence-electron chi connectivity index (χ0n) is 10.5. The van der Waals surface area contributed by atoms with Gasteiger partial charge in [-0.3, -0.25) is 0 Å². The number of piperidine rings is 1. The summed E-state index contributed by atoms with van der Waals surface area (Å²) in [5.74, 6) is 0.689. The summed E-state index contributed by atoms with van der Waals surface area (Å²) in [5, 5.41) is 0. The van der Waals surface area contributed by atoms with E-state index in [4.69, 9.17) is 5.73 Å². The van der Waals surface area contributed by atoms with Gasteiger partial charge in [0.15, 0.2) is 0 Å². The number of nitrogens with zero attached hydrogens (tertiary/aromatic N) is 1. The molecule has 2 nitrogen and oxygen atoms in total. The first-order valence-electron chi connectivity index (χ1n) is 6.72. The van der Waals surface area contributed by atoms with Crippen LogP contribution in [0.4, 0.5) is 0 Å². The van der Waals surface area contributed by atoms with Crippen LogP contribution in [0.2, 0.25) is 0 Å². The average molecular weight is 212 g/mol. The van der Waals surface area contributed by atoms with Crippen molar-refractivity contribution in [1.29, 1.82) is 0 Å². The molecule has 0 aromatic heterocycles. The van der Waals surface area contributed by atoms with Crippen LogP contribution in [-0.4, -0.2) is 30.6 Å². The summed E-state index contributed by atoms with van der Waals surface area (Å²) in [6.07, 6.45) is 8.14. The molecule has 1 aliphatic heterocycles. The van der Waals surface area contributed by atoms with Crippen LogP contribution in [0.25, 0.3) is 0 Å². The second kappa shape index (κ2) is 7.24. The van der Waals surface area contributed by atoms with Crippen LogP contribution in [-0.2, 0) is 0 Å². The molecule has 2 N–H and O–H groups in total. The number of nitrogens with two attached hydrogens (primary N) is 1. The van der Waals surface area contributed by atoms with E-state index in [0.29, 0.717) is 12.0 Å². The van der Waals surface area contributed by atoms with Crippen LogP contribution in [0.15, 0.2) is 0 Å². The van der Waals surface area contributed by atoms with Gasteiger partial charge in [-0.1, -0.05) is 39.5 Å². The minimum absolute atomic E-state index is 0.446. The second-order valence-electron chi connectivity index (χ2n) is 5.14. The molecular formula is C13H28N2. The number of unbranched alkanes of at least 4 members (excludes halogenated alkanes) is 4. The predicted octanol–water partition coefficient (Wildman–Crippen LogP) is 2.63. The Hall–Kier alpha value is -0.0800. The Kier molecular flexibility index (Phi) is 6.26. The van der Waals surface area contributed by atoms with Gasteiger partial charge in [0.2, 0.25) is 0 Å². The molecule has 0 aromatic rings. The van der Waals surface area contributed by atoms with Crippen molar-refractivity contribution in [3.05, 3.63) is 0 Å². The smallest absolute Gasteiger partial charge is 0.00889 e. The summed E-state index contributed by atoms with van der Waals surface area (Å²) in [6.45, 7) is 8.29. The van der Waals surface area contributed by atoms with Gasteiger partial charge < -0.3 is 10.6 Å². The first-order valence-corrected chi connectivity index (χ1v) is 6.72. The van der Waals surface area contributed by atoms with Gasteiger partial charge in [-0.25, -0.2) is 0 Å². The second-order valence-corrected chi connectivity index (χ2v) is 5.14. The van der Waals surface area contributed by atoms with Gasteiger partial charge in [0.05, 0.1) is 0 Å². The van der Waals surface area contributed by atoms with Gasteiger partial charge in [0, 0.05) is 12.6 Å². The fourth-order valence-electron chi connectivity index (χ4n) is 2.39. The van der Waals surface area contributed by atoms with Crippen LogP contribution in [0.5, 0.6) is 0 Å². The summed E-state index contributed by atoms with van der Waals surface area (Å²) >= 11 is 0. The van der Waals surface area contributed by atoms with Crippen molar-refractivity contribution in [2.75, 3.05) is 19.6 Å². The molecule has 2 atom stereocenters. The minimum Gasteiger partial charge on any atom is -0.327 e. The van der Waals surface area contributed by atoms with Crippen molar-refractivity contribution in [2.45, 2.75) is 58.4 Å². The van der Waals surface area contributed by atoms with Gasteiger partial charge in [0.25, 0.3) is 0 Å². The maximum atomic E-state index is 6.01. The summed E-state index contributed by atoms with van der Waals surface area (Å²) in [4.78, 5) is 2.60. The van der Waals surface area contributed by atoms with Crippen molar-refractivity contribution in [3.8, 4) is 0 Å². The molecule has 0 bridgehead atoms. The molecule has 0 amide bonds.